The van der Waals surface area contributed by atoms with E-state index in [0.29, 0.717) is 18.4 Å². The summed E-state index contributed by atoms with van der Waals surface area (Å²) in [6.45, 7) is 4.15. The maximum absolute atomic E-state index is 13.6. The molecule has 2 aliphatic carbocycles. The van der Waals surface area contributed by atoms with Gasteiger partial charge in [-0.3, -0.25) is 9.78 Å². The molecule has 3 fully saturated rings. The van der Waals surface area contributed by atoms with E-state index in [9.17, 15) is 14.0 Å². The zero-order chi connectivity index (χ0) is 25.2. The summed E-state index contributed by atoms with van der Waals surface area (Å²) in [5, 5.41) is 3.00. The predicted octanol–water partition coefficient (Wildman–Crippen LogP) is 5.63. The SMILES string of the molecule is CCOC(=O)N[C@H]1CC[C@@H]2[C@@H](C1)C[C@H]1C(=O)O[C@H](C)[C@H]1[C@H]2/C=C/c1ccc(-c2cccc(F)c2)cn1. The average Bonchev–Trinajstić information content (AvgIpc) is 3.15. The van der Waals surface area contributed by atoms with Crippen LogP contribution in [0.5, 0.6) is 0 Å². The molecule has 5 rings (SSSR count). The first-order valence-corrected chi connectivity index (χ1v) is 13.0. The molecule has 190 valence electrons. The Labute approximate surface area is 211 Å². The van der Waals surface area contributed by atoms with E-state index in [-0.39, 0.29) is 47.8 Å². The van der Waals surface area contributed by atoms with Gasteiger partial charge in [0, 0.05) is 23.7 Å². The Kier molecular flexibility index (Phi) is 7.08. The number of rotatable bonds is 5. The summed E-state index contributed by atoms with van der Waals surface area (Å²) in [6, 6.07) is 10.4. The first-order chi connectivity index (χ1) is 17.4. The summed E-state index contributed by atoms with van der Waals surface area (Å²) in [5.41, 5.74) is 2.48. The molecule has 2 saturated carbocycles. The molecule has 36 heavy (non-hydrogen) atoms. The molecule has 0 spiro atoms. The summed E-state index contributed by atoms with van der Waals surface area (Å²) in [5.74, 6) is 0.629. The third-order valence-electron chi connectivity index (χ3n) is 8.18. The van der Waals surface area contributed by atoms with Gasteiger partial charge < -0.3 is 14.8 Å². The summed E-state index contributed by atoms with van der Waals surface area (Å²) < 4.78 is 24.3. The van der Waals surface area contributed by atoms with Gasteiger partial charge in [-0.05, 0) is 87.1 Å². The second-order valence-electron chi connectivity index (χ2n) is 10.3. The van der Waals surface area contributed by atoms with E-state index < -0.39 is 0 Å². The number of nitrogens with one attached hydrogen (secondary N) is 1. The van der Waals surface area contributed by atoms with E-state index in [1.807, 2.05) is 31.2 Å². The lowest BCUT2D eigenvalue weighted by molar-refractivity contribution is -0.144. The highest BCUT2D eigenvalue weighted by atomic mass is 19.1. The van der Waals surface area contributed by atoms with E-state index in [4.69, 9.17) is 9.47 Å². The summed E-state index contributed by atoms with van der Waals surface area (Å²) in [4.78, 5) is 29.2. The Hall–Kier alpha value is -3.22. The minimum Gasteiger partial charge on any atom is -0.462 e. The second kappa shape index (κ2) is 10.4. The Morgan fingerprint density at radius 3 is 2.83 bits per heavy atom. The van der Waals surface area contributed by atoms with Crippen LogP contribution in [-0.4, -0.2) is 35.8 Å². The third-order valence-corrected chi connectivity index (χ3v) is 8.18. The molecular formula is C29H33FN2O4. The largest absolute Gasteiger partial charge is 0.462 e. The van der Waals surface area contributed by atoms with Crippen LogP contribution in [0.3, 0.4) is 0 Å². The fourth-order valence-electron chi connectivity index (χ4n) is 6.64. The van der Waals surface area contributed by atoms with Gasteiger partial charge in [0.25, 0.3) is 0 Å². The zero-order valence-corrected chi connectivity index (χ0v) is 20.7. The highest BCUT2D eigenvalue weighted by molar-refractivity contribution is 5.75. The number of hydrogen-bond donors (Lipinski definition) is 1. The first kappa shape index (κ1) is 24.5. The molecule has 1 aliphatic heterocycles. The Morgan fingerprint density at radius 1 is 1.22 bits per heavy atom. The van der Waals surface area contributed by atoms with Crippen LogP contribution < -0.4 is 5.32 Å². The maximum Gasteiger partial charge on any atom is 0.407 e. The van der Waals surface area contributed by atoms with Crippen LogP contribution in [0, 0.1) is 35.4 Å². The number of halogens is 1. The minimum atomic E-state index is -0.368. The van der Waals surface area contributed by atoms with Crippen molar-refractivity contribution >= 4 is 18.1 Å². The molecule has 1 saturated heterocycles. The van der Waals surface area contributed by atoms with Gasteiger partial charge in [-0.2, -0.15) is 0 Å². The van der Waals surface area contributed by atoms with E-state index >= 15 is 0 Å². The fourth-order valence-corrected chi connectivity index (χ4v) is 6.64. The van der Waals surface area contributed by atoms with Gasteiger partial charge >= 0.3 is 12.1 Å². The molecule has 1 aromatic heterocycles. The van der Waals surface area contributed by atoms with Crippen LogP contribution in [0.4, 0.5) is 9.18 Å². The lowest BCUT2D eigenvalue weighted by Crippen LogP contribution is -2.48. The van der Waals surface area contributed by atoms with E-state index in [1.165, 1.54) is 12.1 Å². The lowest BCUT2D eigenvalue weighted by Gasteiger charge is -2.47. The smallest absolute Gasteiger partial charge is 0.407 e. The number of pyridine rings is 1. The fraction of sp³-hybridized carbons (Fsp3) is 0.483. The number of allylic oxidation sites excluding steroid dienone is 1. The molecule has 2 heterocycles. The molecule has 0 bridgehead atoms. The molecule has 1 aromatic carbocycles. The van der Waals surface area contributed by atoms with Crippen molar-refractivity contribution in [1.29, 1.82) is 0 Å². The normalized spacial score (nSPS) is 31.4. The number of fused-ring (bicyclic) bond motifs is 2. The lowest BCUT2D eigenvalue weighted by atomic mass is 9.57. The summed E-state index contributed by atoms with van der Waals surface area (Å²) >= 11 is 0. The Bertz CT molecular complexity index is 1130. The topological polar surface area (TPSA) is 77.5 Å². The molecule has 0 unspecified atom stereocenters. The van der Waals surface area contributed by atoms with Gasteiger partial charge in [-0.1, -0.05) is 24.3 Å². The van der Waals surface area contributed by atoms with Gasteiger partial charge in [0.15, 0.2) is 0 Å². The third kappa shape index (κ3) is 5.01. The van der Waals surface area contributed by atoms with Crippen molar-refractivity contribution in [3.63, 3.8) is 0 Å². The molecule has 6 nitrogen and oxygen atoms in total. The number of aromatic nitrogens is 1. The van der Waals surface area contributed by atoms with Crippen molar-refractivity contribution in [3.05, 3.63) is 60.2 Å². The van der Waals surface area contributed by atoms with Crippen molar-refractivity contribution in [2.75, 3.05) is 6.61 Å². The van der Waals surface area contributed by atoms with Crippen molar-refractivity contribution in [1.82, 2.24) is 10.3 Å². The van der Waals surface area contributed by atoms with Crippen molar-refractivity contribution in [2.24, 2.45) is 29.6 Å². The van der Waals surface area contributed by atoms with Crippen LogP contribution in [0.2, 0.25) is 0 Å². The number of carbonyl (C=O) groups excluding carboxylic acids is 2. The molecule has 7 heteroatoms. The van der Waals surface area contributed by atoms with Crippen molar-refractivity contribution in [2.45, 2.75) is 51.7 Å². The molecule has 1 N–H and O–H groups in total. The van der Waals surface area contributed by atoms with E-state index in [1.54, 1.807) is 19.2 Å². The van der Waals surface area contributed by atoms with Gasteiger partial charge in [-0.15, -0.1) is 0 Å². The van der Waals surface area contributed by atoms with Crippen molar-refractivity contribution in [3.8, 4) is 11.1 Å². The van der Waals surface area contributed by atoms with Crippen molar-refractivity contribution < 1.29 is 23.5 Å². The van der Waals surface area contributed by atoms with Crippen LogP contribution in [0.25, 0.3) is 17.2 Å². The number of carbonyl (C=O) groups is 2. The molecule has 7 atom stereocenters. The number of alkyl carbamates (subject to hydrolysis) is 1. The summed E-state index contributed by atoms with van der Waals surface area (Å²) in [6.07, 6.45) is 9.07. The van der Waals surface area contributed by atoms with Crippen LogP contribution >= 0.6 is 0 Å². The van der Waals surface area contributed by atoms with E-state index in [2.05, 4.69) is 16.4 Å². The second-order valence-corrected chi connectivity index (χ2v) is 10.3. The van der Waals surface area contributed by atoms with Gasteiger partial charge in [-0.25, -0.2) is 9.18 Å². The Balaban J connectivity index is 1.34. The molecule has 0 radical (unpaired) electrons. The number of hydrogen-bond acceptors (Lipinski definition) is 5. The van der Waals surface area contributed by atoms with Gasteiger partial charge in [0.1, 0.15) is 11.9 Å². The number of amides is 1. The molecule has 2 aromatic rings. The molecular weight excluding hydrogens is 459 g/mol. The highest BCUT2D eigenvalue weighted by Gasteiger charge is 2.54. The van der Waals surface area contributed by atoms with Crippen LogP contribution in [-0.2, 0) is 14.3 Å². The van der Waals surface area contributed by atoms with Crippen LogP contribution in [0.1, 0.15) is 45.2 Å². The van der Waals surface area contributed by atoms with Crippen LogP contribution in [0.15, 0.2) is 48.7 Å². The quantitative estimate of drug-likeness (QED) is 0.548. The predicted molar refractivity (Wildman–Crippen MR) is 134 cm³/mol. The molecule has 3 aliphatic rings. The number of ether oxygens (including phenoxy) is 2. The number of esters is 1. The van der Waals surface area contributed by atoms with E-state index in [0.717, 1.165) is 42.5 Å². The van der Waals surface area contributed by atoms with Gasteiger partial charge in [0.2, 0.25) is 0 Å². The Morgan fingerprint density at radius 2 is 2.08 bits per heavy atom. The maximum atomic E-state index is 13.6. The minimum absolute atomic E-state index is 0.0679. The first-order valence-electron chi connectivity index (χ1n) is 13.0. The number of nitrogens with zero attached hydrogens (tertiary/aromatic N) is 1. The zero-order valence-electron chi connectivity index (χ0n) is 20.7. The highest BCUT2D eigenvalue weighted by Crippen LogP contribution is 2.53. The summed E-state index contributed by atoms with van der Waals surface area (Å²) in [7, 11) is 0. The number of cyclic esters (lactones) is 1. The average molecular weight is 493 g/mol. The van der Waals surface area contributed by atoms with Gasteiger partial charge in [0.05, 0.1) is 18.2 Å². The number of benzene rings is 1. The monoisotopic (exact) mass is 492 g/mol. The standard InChI is InChI=1S/C29H33FN2O4/c1-3-35-29(34)32-23-10-11-24-20(14-23)15-26-27(17(2)36-28(26)33)25(24)12-9-22-8-7-19(16-31-22)18-5-4-6-21(30)13-18/h4-9,12-13,16-17,20,23-27H,3,10-11,14-15H2,1-2H3,(H,32,34)/b12-9+/t17-,20+,23+,24-,25+,26-,27+/m1/s1. The molecule has 1 amide bonds.